The van der Waals surface area contributed by atoms with E-state index < -0.39 is 0 Å². The van der Waals surface area contributed by atoms with Crippen LogP contribution in [0.4, 0.5) is 0 Å². The molecule has 0 radical (unpaired) electrons. The Bertz CT molecular complexity index is 642. The van der Waals surface area contributed by atoms with Gasteiger partial charge in [-0.25, -0.2) is 4.98 Å². The minimum Gasteiger partial charge on any atom is -0.345 e. The highest BCUT2D eigenvalue weighted by Gasteiger charge is 2.25. The molecule has 1 aromatic heterocycles. The fraction of sp³-hybridized carbons (Fsp3) is 0.500. The van der Waals surface area contributed by atoms with Gasteiger partial charge in [0, 0.05) is 16.7 Å². The van der Waals surface area contributed by atoms with Gasteiger partial charge in [0.1, 0.15) is 5.82 Å². The molecule has 20 heavy (non-hydrogen) atoms. The largest absolute Gasteiger partial charge is 0.345 e. The predicted octanol–water partition coefficient (Wildman–Crippen LogP) is 4.60. The molecule has 0 fully saturated rings. The first-order valence-electron chi connectivity index (χ1n) is 7.59. The van der Waals surface area contributed by atoms with Crippen LogP contribution in [0.3, 0.4) is 0 Å². The van der Waals surface area contributed by atoms with Gasteiger partial charge >= 0.3 is 0 Å². The Balaban J connectivity index is 2.09. The number of aromatic amines is 1. The lowest BCUT2D eigenvalue weighted by atomic mass is 9.89. The van der Waals surface area contributed by atoms with E-state index in [9.17, 15) is 0 Å². The number of aryl methyl sites for hydroxylation is 2. The quantitative estimate of drug-likeness (QED) is 0.804. The third-order valence-electron chi connectivity index (χ3n) is 4.18. The van der Waals surface area contributed by atoms with Crippen LogP contribution in [0.15, 0.2) is 18.2 Å². The van der Waals surface area contributed by atoms with E-state index in [-0.39, 0.29) is 5.41 Å². The molecule has 1 aliphatic carbocycles. The van der Waals surface area contributed by atoms with Crippen molar-refractivity contribution in [3.63, 3.8) is 0 Å². The molecule has 3 rings (SSSR count). The molecule has 0 saturated carbocycles. The second kappa shape index (κ2) is 4.47. The zero-order valence-electron chi connectivity index (χ0n) is 13.2. The van der Waals surface area contributed by atoms with Gasteiger partial charge in [-0.1, -0.05) is 52.8 Å². The van der Waals surface area contributed by atoms with Gasteiger partial charge in [-0.05, 0) is 29.9 Å². The molecule has 0 bridgehead atoms. The van der Waals surface area contributed by atoms with Crippen LogP contribution in [0.5, 0.6) is 0 Å². The maximum absolute atomic E-state index is 4.88. The van der Waals surface area contributed by atoms with E-state index >= 15 is 0 Å². The Kier molecular flexibility index (Phi) is 3.00. The number of nitrogens with one attached hydrogen (secondary N) is 1. The van der Waals surface area contributed by atoms with Gasteiger partial charge in [0.2, 0.25) is 0 Å². The maximum Gasteiger partial charge on any atom is 0.112 e. The van der Waals surface area contributed by atoms with Crippen LogP contribution in [0.25, 0.3) is 11.3 Å². The molecule has 2 heteroatoms. The van der Waals surface area contributed by atoms with Crippen molar-refractivity contribution in [3.05, 3.63) is 40.8 Å². The zero-order chi connectivity index (χ0) is 14.5. The monoisotopic (exact) mass is 268 g/mol. The smallest absolute Gasteiger partial charge is 0.112 e. The SMILES string of the molecule is CC(C)c1ccc2c(c1)CCc1[nH]c(C(C)(C)C)nc1-2. The molecule has 0 aliphatic heterocycles. The number of hydrogen-bond donors (Lipinski definition) is 1. The van der Waals surface area contributed by atoms with E-state index in [4.69, 9.17) is 4.98 Å². The van der Waals surface area contributed by atoms with Crippen molar-refractivity contribution in [1.82, 2.24) is 9.97 Å². The summed E-state index contributed by atoms with van der Waals surface area (Å²) in [5, 5.41) is 0. The molecule has 1 N–H and O–H groups in total. The number of H-pyrrole nitrogens is 1. The molecular weight excluding hydrogens is 244 g/mol. The first-order chi connectivity index (χ1) is 9.36. The molecule has 1 heterocycles. The summed E-state index contributed by atoms with van der Waals surface area (Å²) in [5.74, 6) is 1.69. The molecule has 2 nitrogen and oxygen atoms in total. The number of fused-ring (bicyclic) bond motifs is 3. The highest BCUT2D eigenvalue weighted by molar-refractivity contribution is 5.69. The van der Waals surface area contributed by atoms with Crippen LogP contribution in [0.2, 0.25) is 0 Å². The van der Waals surface area contributed by atoms with Crippen molar-refractivity contribution >= 4 is 0 Å². The third-order valence-corrected chi connectivity index (χ3v) is 4.18. The average Bonchev–Trinajstić information content (AvgIpc) is 2.82. The molecule has 2 aromatic rings. The minimum atomic E-state index is 0.0787. The summed E-state index contributed by atoms with van der Waals surface area (Å²) < 4.78 is 0. The van der Waals surface area contributed by atoms with Gasteiger partial charge < -0.3 is 4.98 Å². The molecule has 0 unspecified atom stereocenters. The molecule has 0 saturated heterocycles. The molecule has 106 valence electrons. The molecule has 1 aliphatic rings. The summed E-state index contributed by atoms with van der Waals surface area (Å²) in [7, 11) is 0. The predicted molar refractivity (Wildman–Crippen MR) is 84.2 cm³/mol. The number of rotatable bonds is 1. The first-order valence-corrected chi connectivity index (χ1v) is 7.59. The molecule has 0 atom stereocenters. The Labute approximate surface area is 121 Å². The van der Waals surface area contributed by atoms with E-state index in [0.29, 0.717) is 5.92 Å². The number of hydrogen-bond acceptors (Lipinski definition) is 1. The average molecular weight is 268 g/mol. The summed E-state index contributed by atoms with van der Waals surface area (Å²) in [5.41, 5.74) is 6.76. The summed E-state index contributed by atoms with van der Waals surface area (Å²) in [6.07, 6.45) is 2.20. The van der Waals surface area contributed by atoms with Crippen molar-refractivity contribution in [3.8, 4) is 11.3 Å². The Hall–Kier alpha value is -1.57. The summed E-state index contributed by atoms with van der Waals surface area (Å²) >= 11 is 0. The van der Waals surface area contributed by atoms with E-state index in [2.05, 4.69) is 57.8 Å². The van der Waals surface area contributed by atoms with E-state index in [0.717, 1.165) is 18.7 Å². The topological polar surface area (TPSA) is 28.7 Å². The van der Waals surface area contributed by atoms with Gasteiger partial charge in [-0.15, -0.1) is 0 Å². The van der Waals surface area contributed by atoms with Gasteiger partial charge in [0.15, 0.2) is 0 Å². The number of benzene rings is 1. The van der Waals surface area contributed by atoms with Crippen LogP contribution in [-0.2, 0) is 18.3 Å². The fourth-order valence-corrected chi connectivity index (χ4v) is 2.84. The number of nitrogens with zero attached hydrogens (tertiary/aromatic N) is 1. The molecule has 0 amide bonds. The van der Waals surface area contributed by atoms with Crippen LogP contribution in [0.1, 0.15) is 63.2 Å². The molecule has 1 aromatic carbocycles. The highest BCUT2D eigenvalue weighted by Crippen LogP contribution is 2.35. The van der Waals surface area contributed by atoms with Crippen molar-refractivity contribution < 1.29 is 0 Å². The van der Waals surface area contributed by atoms with Crippen LogP contribution >= 0.6 is 0 Å². The first kappa shape index (κ1) is 13.4. The van der Waals surface area contributed by atoms with Crippen molar-refractivity contribution in [2.45, 2.75) is 58.8 Å². The van der Waals surface area contributed by atoms with Crippen molar-refractivity contribution in [1.29, 1.82) is 0 Å². The molecule has 0 spiro atoms. The lowest BCUT2D eigenvalue weighted by Crippen LogP contribution is -2.13. The Morgan fingerprint density at radius 2 is 1.90 bits per heavy atom. The normalized spacial score (nSPS) is 14.3. The highest BCUT2D eigenvalue weighted by atomic mass is 15.0. The van der Waals surface area contributed by atoms with Crippen molar-refractivity contribution in [2.24, 2.45) is 0 Å². The van der Waals surface area contributed by atoms with Gasteiger partial charge in [-0.2, -0.15) is 0 Å². The Morgan fingerprint density at radius 1 is 1.15 bits per heavy atom. The minimum absolute atomic E-state index is 0.0787. The number of aromatic nitrogens is 2. The van der Waals surface area contributed by atoms with Crippen molar-refractivity contribution in [2.75, 3.05) is 0 Å². The van der Waals surface area contributed by atoms with E-state index in [1.54, 1.807) is 0 Å². The van der Waals surface area contributed by atoms with Gasteiger partial charge in [0.05, 0.1) is 5.69 Å². The standard InChI is InChI=1S/C18H24N2/c1-11(2)12-6-8-14-13(10-12)7-9-15-16(14)20-17(19-15)18(3,4)5/h6,8,10-11H,7,9H2,1-5H3,(H,19,20). The second-order valence-electron chi connectivity index (χ2n) is 7.23. The lowest BCUT2D eigenvalue weighted by Gasteiger charge is -2.17. The van der Waals surface area contributed by atoms with Gasteiger partial charge in [0.25, 0.3) is 0 Å². The van der Waals surface area contributed by atoms with Crippen LogP contribution in [-0.4, -0.2) is 9.97 Å². The second-order valence-corrected chi connectivity index (χ2v) is 7.23. The van der Waals surface area contributed by atoms with E-state index in [1.165, 1.54) is 28.1 Å². The number of imidazole rings is 1. The van der Waals surface area contributed by atoms with Gasteiger partial charge in [-0.3, -0.25) is 0 Å². The van der Waals surface area contributed by atoms with Crippen LogP contribution < -0.4 is 0 Å². The molecular formula is C18H24N2. The zero-order valence-corrected chi connectivity index (χ0v) is 13.2. The summed E-state index contributed by atoms with van der Waals surface area (Å²) in [6.45, 7) is 11.1. The lowest BCUT2D eigenvalue weighted by molar-refractivity contribution is 0.551. The van der Waals surface area contributed by atoms with E-state index in [1.807, 2.05) is 0 Å². The summed E-state index contributed by atoms with van der Waals surface area (Å²) in [4.78, 5) is 8.42. The maximum atomic E-state index is 4.88. The third kappa shape index (κ3) is 2.17. The fourth-order valence-electron chi connectivity index (χ4n) is 2.84. The summed E-state index contributed by atoms with van der Waals surface area (Å²) in [6, 6.07) is 6.88. The Morgan fingerprint density at radius 3 is 2.55 bits per heavy atom. The van der Waals surface area contributed by atoms with Crippen LogP contribution in [0, 0.1) is 0 Å².